The molecule has 1 aromatic carbocycles. The fraction of sp³-hybridized carbons (Fsp3) is 0.700. The molecule has 0 aliphatic heterocycles. The highest BCUT2D eigenvalue weighted by Crippen LogP contribution is 2.35. The number of aryl methyl sites for hydroxylation is 1. The maximum Gasteiger partial charge on any atom is 0.0320 e. The maximum absolute atomic E-state index is 4.00. The average molecular weight is 287 g/mol. The molecule has 1 N–H and O–H groups in total. The van der Waals surface area contributed by atoms with Crippen LogP contribution in [0.3, 0.4) is 0 Å². The molecule has 0 heterocycles. The van der Waals surface area contributed by atoms with Crippen LogP contribution in [0.1, 0.15) is 70.5 Å². The van der Waals surface area contributed by atoms with Crippen LogP contribution in [0.5, 0.6) is 0 Å². The van der Waals surface area contributed by atoms with Crippen molar-refractivity contribution in [2.75, 3.05) is 0 Å². The molecule has 0 aromatic heterocycles. The van der Waals surface area contributed by atoms with E-state index in [2.05, 4.69) is 64.2 Å². The Morgan fingerprint density at radius 3 is 2.38 bits per heavy atom. The van der Waals surface area contributed by atoms with Crippen molar-refractivity contribution < 1.29 is 0 Å². The first-order valence-corrected chi connectivity index (χ1v) is 8.83. The molecule has 0 spiro atoms. The van der Waals surface area contributed by atoms with E-state index in [4.69, 9.17) is 0 Å². The van der Waals surface area contributed by atoms with Gasteiger partial charge in [-0.2, -0.15) is 0 Å². The van der Waals surface area contributed by atoms with Crippen LogP contribution in [0.15, 0.2) is 24.3 Å². The van der Waals surface area contributed by atoms with Gasteiger partial charge in [0.05, 0.1) is 0 Å². The highest BCUT2D eigenvalue weighted by atomic mass is 15.0. The van der Waals surface area contributed by atoms with E-state index in [1.54, 1.807) is 0 Å². The van der Waals surface area contributed by atoms with Crippen molar-refractivity contribution in [2.45, 2.75) is 72.4 Å². The zero-order valence-corrected chi connectivity index (χ0v) is 14.5. The van der Waals surface area contributed by atoms with Crippen molar-refractivity contribution in [3.63, 3.8) is 0 Å². The second-order valence-electron chi connectivity index (χ2n) is 7.47. The quantitative estimate of drug-likeness (QED) is 0.754. The van der Waals surface area contributed by atoms with Gasteiger partial charge in [-0.25, -0.2) is 0 Å². The van der Waals surface area contributed by atoms with Gasteiger partial charge in [-0.05, 0) is 49.5 Å². The van der Waals surface area contributed by atoms with E-state index in [0.29, 0.717) is 12.1 Å². The molecule has 21 heavy (non-hydrogen) atoms. The highest BCUT2D eigenvalue weighted by molar-refractivity contribution is 5.24. The Bertz CT molecular complexity index is 420. The van der Waals surface area contributed by atoms with Crippen molar-refractivity contribution in [1.82, 2.24) is 5.32 Å². The molecule has 1 aliphatic rings. The Labute approximate surface area is 131 Å². The summed E-state index contributed by atoms with van der Waals surface area (Å²) in [5.41, 5.74) is 2.80. The molecule has 2 rings (SSSR count). The van der Waals surface area contributed by atoms with E-state index in [1.165, 1.54) is 36.8 Å². The first-order chi connectivity index (χ1) is 10.0. The van der Waals surface area contributed by atoms with Gasteiger partial charge in [0, 0.05) is 12.1 Å². The maximum atomic E-state index is 4.00. The Kier molecular flexibility index (Phi) is 5.87. The number of hydrogen-bond acceptors (Lipinski definition) is 1. The van der Waals surface area contributed by atoms with Gasteiger partial charge in [0.15, 0.2) is 0 Å². The van der Waals surface area contributed by atoms with Crippen LogP contribution < -0.4 is 5.32 Å². The molecule has 0 radical (unpaired) electrons. The number of benzene rings is 1. The summed E-state index contributed by atoms with van der Waals surface area (Å²) in [6, 6.07) is 10.3. The van der Waals surface area contributed by atoms with Crippen LogP contribution in [0, 0.1) is 24.7 Å². The van der Waals surface area contributed by atoms with Crippen LogP contribution in [-0.4, -0.2) is 6.04 Å². The standard InChI is InChI=1S/C20H33N/c1-6-19(17-10-7-15(4)8-11-17)21-20-13-16(5)9-12-18(20)14(2)3/h7-8,10-11,14,16,18-21H,6,9,12-13H2,1-5H3. The highest BCUT2D eigenvalue weighted by Gasteiger charge is 2.31. The Hall–Kier alpha value is -0.820. The zero-order chi connectivity index (χ0) is 15.4. The fourth-order valence-electron chi connectivity index (χ4n) is 3.90. The van der Waals surface area contributed by atoms with Crippen LogP contribution in [0.25, 0.3) is 0 Å². The van der Waals surface area contributed by atoms with Crippen LogP contribution in [0.2, 0.25) is 0 Å². The predicted octanol–water partition coefficient (Wildman–Crippen LogP) is 5.50. The summed E-state index contributed by atoms with van der Waals surface area (Å²) < 4.78 is 0. The largest absolute Gasteiger partial charge is 0.307 e. The van der Waals surface area contributed by atoms with Crippen molar-refractivity contribution in [3.8, 4) is 0 Å². The second kappa shape index (κ2) is 7.45. The lowest BCUT2D eigenvalue weighted by molar-refractivity contribution is 0.158. The molecule has 0 bridgehead atoms. The van der Waals surface area contributed by atoms with Gasteiger partial charge in [-0.3, -0.25) is 0 Å². The average Bonchev–Trinajstić information content (AvgIpc) is 2.45. The number of rotatable bonds is 5. The first-order valence-electron chi connectivity index (χ1n) is 8.83. The summed E-state index contributed by atoms with van der Waals surface area (Å²) in [4.78, 5) is 0. The first kappa shape index (κ1) is 16.5. The van der Waals surface area contributed by atoms with Gasteiger partial charge in [0.25, 0.3) is 0 Å². The molecule has 4 atom stereocenters. The summed E-state index contributed by atoms with van der Waals surface area (Å²) >= 11 is 0. The van der Waals surface area contributed by atoms with Crippen LogP contribution >= 0.6 is 0 Å². The summed E-state index contributed by atoms with van der Waals surface area (Å²) in [7, 11) is 0. The Balaban J connectivity index is 2.09. The molecule has 0 saturated heterocycles. The molecule has 4 unspecified atom stereocenters. The summed E-state index contributed by atoms with van der Waals surface area (Å²) in [6.45, 7) is 11.7. The fourth-order valence-corrected chi connectivity index (χ4v) is 3.90. The van der Waals surface area contributed by atoms with E-state index < -0.39 is 0 Å². The molecule has 118 valence electrons. The van der Waals surface area contributed by atoms with E-state index >= 15 is 0 Å². The molecular formula is C20H33N. The molecule has 1 heteroatoms. The smallest absolute Gasteiger partial charge is 0.0320 e. The van der Waals surface area contributed by atoms with E-state index in [1.807, 2.05) is 0 Å². The Morgan fingerprint density at radius 1 is 1.14 bits per heavy atom. The normalized spacial score (nSPS) is 27.8. The third-order valence-corrected chi connectivity index (χ3v) is 5.33. The number of nitrogens with one attached hydrogen (secondary N) is 1. The van der Waals surface area contributed by atoms with Gasteiger partial charge in [-0.15, -0.1) is 0 Å². The molecule has 1 fully saturated rings. The predicted molar refractivity (Wildman–Crippen MR) is 92.5 cm³/mol. The van der Waals surface area contributed by atoms with Crippen LogP contribution in [-0.2, 0) is 0 Å². The third kappa shape index (κ3) is 4.32. The summed E-state index contributed by atoms with van der Waals surface area (Å²) in [5.74, 6) is 2.49. The minimum atomic E-state index is 0.502. The molecule has 1 aromatic rings. The van der Waals surface area contributed by atoms with Crippen molar-refractivity contribution in [3.05, 3.63) is 35.4 Å². The summed E-state index contributed by atoms with van der Waals surface area (Å²) in [6.07, 6.45) is 5.30. The van der Waals surface area contributed by atoms with Crippen molar-refractivity contribution in [2.24, 2.45) is 17.8 Å². The molecular weight excluding hydrogens is 254 g/mol. The van der Waals surface area contributed by atoms with Gasteiger partial charge in [-0.1, -0.05) is 63.9 Å². The van der Waals surface area contributed by atoms with Gasteiger partial charge < -0.3 is 5.32 Å². The molecule has 1 saturated carbocycles. The van der Waals surface area contributed by atoms with Crippen molar-refractivity contribution >= 4 is 0 Å². The lowest BCUT2D eigenvalue weighted by atomic mass is 9.73. The minimum Gasteiger partial charge on any atom is -0.307 e. The zero-order valence-electron chi connectivity index (χ0n) is 14.5. The van der Waals surface area contributed by atoms with Gasteiger partial charge >= 0.3 is 0 Å². The lowest BCUT2D eigenvalue weighted by Crippen LogP contribution is -2.44. The Morgan fingerprint density at radius 2 is 1.81 bits per heavy atom. The topological polar surface area (TPSA) is 12.0 Å². The van der Waals surface area contributed by atoms with Crippen LogP contribution in [0.4, 0.5) is 0 Å². The molecule has 1 nitrogen and oxygen atoms in total. The summed E-state index contributed by atoms with van der Waals surface area (Å²) in [5, 5.41) is 4.00. The van der Waals surface area contributed by atoms with Crippen molar-refractivity contribution in [1.29, 1.82) is 0 Å². The third-order valence-electron chi connectivity index (χ3n) is 5.33. The SMILES string of the molecule is CCC(NC1CC(C)CCC1C(C)C)c1ccc(C)cc1. The monoisotopic (exact) mass is 287 g/mol. The minimum absolute atomic E-state index is 0.502. The van der Waals surface area contributed by atoms with E-state index in [9.17, 15) is 0 Å². The van der Waals surface area contributed by atoms with Gasteiger partial charge in [0.2, 0.25) is 0 Å². The van der Waals surface area contributed by atoms with Gasteiger partial charge in [0.1, 0.15) is 0 Å². The van der Waals surface area contributed by atoms with E-state index in [-0.39, 0.29) is 0 Å². The molecule has 1 aliphatic carbocycles. The second-order valence-corrected chi connectivity index (χ2v) is 7.47. The molecule has 0 amide bonds. The lowest BCUT2D eigenvalue weighted by Gasteiger charge is -2.40. The van der Waals surface area contributed by atoms with E-state index in [0.717, 1.165) is 17.8 Å². The number of hydrogen-bond donors (Lipinski definition) is 1.